The molecule has 0 aromatic heterocycles. The maximum Gasteiger partial charge on any atom is 0.331 e. The Morgan fingerprint density at radius 2 is 1.94 bits per heavy atom. The molecule has 2 saturated heterocycles. The highest BCUT2D eigenvalue weighted by atomic mass is 79.9. The quantitative estimate of drug-likeness (QED) is 0.389. The molecule has 8 nitrogen and oxygen atoms in total. The van der Waals surface area contributed by atoms with Crippen LogP contribution >= 0.6 is 15.9 Å². The number of ether oxygens (including phenoxy) is 1. The SMILES string of the molecule is CC(C)(C)[S+]([O-])NC(c1cc(Br)ccc1F)C(F)CC1C(=O)NC(=O)N(C2CCOCC2)C1=O. The number of halogens is 3. The number of barbiturate groups is 1. The van der Waals surface area contributed by atoms with E-state index in [9.17, 15) is 23.3 Å². The number of rotatable bonds is 7. The lowest BCUT2D eigenvalue weighted by Crippen LogP contribution is -2.62. The summed E-state index contributed by atoms with van der Waals surface area (Å²) >= 11 is 1.45. The maximum atomic E-state index is 15.8. The van der Waals surface area contributed by atoms with Crippen molar-refractivity contribution in [2.24, 2.45) is 5.92 Å². The van der Waals surface area contributed by atoms with Crippen molar-refractivity contribution in [2.45, 2.75) is 63.0 Å². The van der Waals surface area contributed by atoms with Gasteiger partial charge in [0.05, 0.1) is 0 Å². The van der Waals surface area contributed by atoms with Gasteiger partial charge in [0.2, 0.25) is 11.8 Å². The van der Waals surface area contributed by atoms with Crippen molar-refractivity contribution in [3.8, 4) is 0 Å². The average Bonchev–Trinajstić information content (AvgIpc) is 2.76. The van der Waals surface area contributed by atoms with Gasteiger partial charge in [-0.3, -0.25) is 19.8 Å². The summed E-state index contributed by atoms with van der Waals surface area (Å²) in [5, 5.41) is 2.13. The Balaban J connectivity index is 1.87. The van der Waals surface area contributed by atoms with Crippen LogP contribution in [0.15, 0.2) is 22.7 Å². The van der Waals surface area contributed by atoms with Gasteiger partial charge in [-0.15, -0.1) is 4.72 Å². The number of urea groups is 1. The van der Waals surface area contributed by atoms with Gasteiger partial charge in [0.25, 0.3) is 0 Å². The van der Waals surface area contributed by atoms with Crippen molar-refractivity contribution in [2.75, 3.05) is 13.2 Å². The van der Waals surface area contributed by atoms with Crippen LogP contribution in [0, 0.1) is 11.7 Å². The second-order valence-electron chi connectivity index (χ2n) is 9.29. The van der Waals surface area contributed by atoms with E-state index in [-0.39, 0.29) is 5.56 Å². The molecule has 4 atom stereocenters. The van der Waals surface area contributed by atoms with E-state index in [0.29, 0.717) is 30.5 Å². The number of carbonyl (C=O) groups excluding carboxylic acids is 3. The molecule has 0 saturated carbocycles. The molecule has 34 heavy (non-hydrogen) atoms. The molecule has 0 spiro atoms. The number of imide groups is 2. The van der Waals surface area contributed by atoms with Crippen LogP contribution in [-0.2, 0) is 25.7 Å². The first kappa shape index (κ1) is 27.0. The molecule has 2 heterocycles. The van der Waals surface area contributed by atoms with Gasteiger partial charge in [0.15, 0.2) is 0 Å². The average molecular weight is 564 g/mol. The lowest BCUT2D eigenvalue weighted by molar-refractivity contribution is -0.146. The summed E-state index contributed by atoms with van der Waals surface area (Å²) < 4.78 is 50.8. The number of alkyl halides is 1. The van der Waals surface area contributed by atoms with Gasteiger partial charge in [-0.2, -0.15) is 0 Å². The van der Waals surface area contributed by atoms with Crippen molar-refractivity contribution in [1.29, 1.82) is 0 Å². The zero-order valence-corrected chi connectivity index (χ0v) is 21.5. The Hall–Kier alpha value is -1.60. The third-order valence-corrected chi connectivity index (χ3v) is 7.84. The molecule has 12 heteroatoms. The minimum absolute atomic E-state index is 0.0968. The van der Waals surface area contributed by atoms with Crippen LogP contribution < -0.4 is 10.0 Å². The highest BCUT2D eigenvalue weighted by molar-refractivity contribution is 9.10. The molecule has 0 bridgehead atoms. The summed E-state index contributed by atoms with van der Waals surface area (Å²) in [4.78, 5) is 39.0. The number of nitrogens with zero attached hydrogens (tertiary/aromatic N) is 1. The molecule has 4 amide bonds. The van der Waals surface area contributed by atoms with Gasteiger partial charge in [-0.05, 0) is 51.8 Å². The standard InChI is InChI=1S/C22H28BrF2N3O5S/c1-22(2,3)34(32)27-18(14-10-12(23)4-5-16(14)24)17(25)11-15-19(29)26-21(31)28(20(15)30)13-6-8-33-9-7-13/h4-5,10,13,15,17-18,27H,6-9,11H2,1-3H3,(H,26,29,31). The van der Waals surface area contributed by atoms with Crippen LogP contribution in [0.25, 0.3) is 0 Å². The van der Waals surface area contributed by atoms with Crippen molar-refractivity contribution < 1.29 is 32.5 Å². The first-order chi connectivity index (χ1) is 15.9. The summed E-state index contributed by atoms with van der Waals surface area (Å²) in [5.41, 5.74) is -0.0968. The molecule has 2 aliphatic rings. The van der Waals surface area contributed by atoms with E-state index in [1.54, 1.807) is 20.8 Å². The van der Waals surface area contributed by atoms with Crippen LogP contribution in [0.4, 0.5) is 13.6 Å². The molecule has 2 aliphatic heterocycles. The Bertz CT molecular complexity index is 942. The first-order valence-electron chi connectivity index (χ1n) is 10.9. The van der Waals surface area contributed by atoms with Crippen LogP contribution in [0.3, 0.4) is 0 Å². The molecule has 188 valence electrons. The van der Waals surface area contributed by atoms with Gasteiger partial charge in [-0.25, -0.2) is 13.6 Å². The Morgan fingerprint density at radius 3 is 2.56 bits per heavy atom. The minimum atomic E-state index is -1.97. The van der Waals surface area contributed by atoms with E-state index < -0.39 is 70.4 Å². The zero-order chi connectivity index (χ0) is 25.2. The van der Waals surface area contributed by atoms with E-state index in [1.807, 2.05) is 0 Å². The molecule has 2 N–H and O–H groups in total. The number of benzene rings is 1. The highest BCUT2D eigenvalue weighted by Gasteiger charge is 2.46. The summed E-state index contributed by atoms with van der Waals surface area (Å²) in [6.45, 7) is 5.74. The second-order valence-corrected chi connectivity index (χ2v) is 12.2. The fourth-order valence-corrected chi connectivity index (χ4v) is 5.11. The normalized spacial score (nSPS) is 23.0. The Morgan fingerprint density at radius 1 is 1.29 bits per heavy atom. The minimum Gasteiger partial charge on any atom is -0.598 e. The molecule has 1 aromatic rings. The third kappa shape index (κ3) is 6.14. The smallest absolute Gasteiger partial charge is 0.331 e. The molecular formula is C22H28BrF2N3O5S. The fraction of sp³-hybridized carbons (Fsp3) is 0.591. The van der Waals surface area contributed by atoms with Crippen LogP contribution in [0.5, 0.6) is 0 Å². The monoisotopic (exact) mass is 563 g/mol. The number of carbonyl (C=O) groups is 3. The van der Waals surface area contributed by atoms with Gasteiger partial charge < -0.3 is 9.29 Å². The van der Waals surface area contributed by atoms with E-state index in [1.165, 1.54) is 12.1 Å². The van der Waals surface area contributed by atoms with Crippen molar-refractivity contribution >= 4 is 45.1 Å². The van der Waals surface area contributed by atoms with Crippen molar-refractivity contribution in [1.82, 2.24) is 14.9 Å². The van der Waals surface area contributed by atoms with Gasteiger partial charge in [0.1, 0.15) is 28.7 Å². The predicted octanol–water partition coefficient (Wildman–Crippen LogP) is 3.28. The van der Waals surface area contributed by atoms with E-state index in [4.69, 9.17) is 4.74 Å². The lowest BCUT2D eigenvalue weighted by Gasteiger charge is -2.38. The van der Waals surface area contributed by atoms with E-state index >= 15 is 4.39 Å². The third-order valence-electron chi connectivity index (χ3n) is 5.76. The maximum absolute atomic E-state index is 15.8. The van der Waals surface area contributed by atoms with Gasteiger partial charge in [0, 0.05) is 47.1 Å². The van der Waals surface area contributed by atoms with Crippen LogP contribution in [0.1, 0.15) is 51.6 Å². The van der Waals surface area contributed by atoms with Gasteiger partial charge >= 0.3 is 6.03 Å². The fourth-order valence-electron chi connectivity index (χ4n) is 3.87. The molecule has 1 aromatic carbocycles. The first-order valence-corrected chi connectivity index (χ1v) is 12.9. The topological polar surface area (TPSA) is 111 Å². The molecule has 2 fully saturated rings. The summed E-state index contributed by atoms with van der Waals surface area (Å²) in [6.07, 6.45) is -1.77. The Labute approximate surface area is 208 Å². The summed E-state index contributed by atoms with van der Waals surface area (Å²) in [6, 6.07) is 1.24. The molecule has 4 unspecified atom stereocenters. The molecule has 3 rings (SSSR count). The van der Waals surface area contributed by atoms with E-state index in [0.717, 1.165) is 11.0 Å². The number of nitrogens with one attached hydrogen (secondary N) is 2. The summed E-state index contributed by atoms with van der Waals surface area (Å²) in [5.74, 6) is -3.93. The predicted molar refractivity (Wildman–Crippen MR) is 125 cm³/mol. The van der Waals surface area contributed by atoms with Gasteiger partial charge in [-0.1, -0.05) is 15.9 Å². The lowest BCUT2D eigenvalue weighted by atomic mass is 9.91. The Kier molecular flexibility index (Phi) is 8.72. The molecular weight excluding hydrogens is 536 g/mol. The highest BCUT2D eigenvalue weighted by Crippen LogP contribution is 2.33. The van der Waals surface area contributed by atoms with Crippen LogP contribution in [-0.4, -0.2) is 57.5 Å². The number of amides is 4. The molecule has 0 aliphatic carbocycles. The largest absolute Gasteiger partial charge is 0.598 e. The van der Waals surface area contributed by atoms with Crippen molar-refractivity contribution in [3.05, 3.63) is 34.1 Å². The molecule has 0 radical (unpaired) electrons. The zero-order valence-electron chi connectivity index (χ0n) is 19.1. The number of hydrogen-bond donors (Lipinski definition) is 2. The van der Waals surface area contributed by atoms with Crippen LogP contribution in [0.2, 0.25) is 0 Å². The number of hydrogen-bond acceptors (Lipinski definition) is 6. The summed E-state index contributed by atoms with van der Waals surface area (Å²) in [7, 11) is 0. The van der Waals surface area contributed by atoms with E-state index in [2.05, 4.69) is 26.0 Å². The second kappa shape index (κ2) is 11.0. The van der Waals surface area contributed by atoms with Crippen molar-refractivity contribution in [3.63, 3.8) is 0 Å².